The lowest BCUT2D eigenvalue weighted by molar-refractivity contribution is -0.173. The summed E-state index contributed by atoms with van der Waals surface area (Å²) in [7, 11) is 0. The van der Waals surface area contributed by atoms with E-state index in [-0.39, 0.29) is 17.9 Å². The van der Waals surface area contributed by atoms with Crippen LogP contribution in [0, 0.1) is 5.92 Å². The van der Waals surface area contributed by atoms with Crippen molar-refractivity contribution >= 4 is 16.7 Å². The van der Waals surface area contributed by atoms with Crippen LogP contribution in [-0.4, -0.2) is 63.8 Å². The summed E-state index contributed by atoms with van der Waals surface area (Å²) in [5.74, 6) is 2.65. The minimum atomic E-state index is -0.974. The Morgan fingerprint density at radius 3 is 2.61 bits per heavy atom. The topological polar surface area (TPSA) is 93.1 Å². The van der Waals surface area contributed by atoms with Gasteiger partial charge in [-0.1, -0.05) is 77.3 Å². The Balaban J connectivity index is 1.10. The maximum atomic E-state index is 13.2. The molecule has 5 aliphatic rings. The highest BCUT2D eigenvalue weighted by molar-refractivity contribution is 5.89. The number of aromatic amines is 1. The lowest BCUT2D eigenvalue weighted by Gasteiger charge is -2.62. The largest absolute Gasteiger partial charge is 0.504 e. The van der Waals surface area contributed by atoms with Gasteiger partial charge in [-0.2, -0.15) is 0 Å². The SMILES string of the molecule is CCCCCCCN=C(Cc1ccc2[nH]c3c(c2c1)C[C@@]1(O)[C@H]2Cc4ccc(O)c5c4[C@@]1(CCN2CC1CC1)[C@H]3O5)NCCCCCCC. The Morgan fingerprint density at radius 1 is 1.02 bits per heavy atom. The Labute approximate surface area is 292 Å². The van der Waals surface area contributed by atoms with Gasteiger partial charge in [-0.25, -0.2) is 0 Å². The number of piperidine rings is 1. The third kappa shape index (κ3) is 5.77. The van der Waals surface area contributed by atoms with Gasteiger partial charge in [0.2, 0.25) is 0 Å². The first kappa shape index (κ1) is 33.1. The molecule has 7 nitrogen and oxygen atoms in total. The molecule has 4 N–H and O–H groups in total. The van der Waals surface area contributed by atoms with Crippen molar-refractivity contribution in [3.63, 3.8) is 0 Å². The van der Waals surface area contributed by atoms with Crippen molar-refractivity contribution in [2.24, 2.45) is 10.9 Å². The molecule has 264 valence electrons. The number of rotatable bonds is 16. The summed E-state index contributed by atoms with van der Waals surface area (Å²) >= 11 is 0. The highest BCUT2D eigenvalue weighted by atomic mass is 16.5. The Morgan fingerprint density at radius 2 is 1.82 bits per heavy atom. The summed E-state index contributed by atoms with van der Waals surface area (Å²) in [6.45, 7) is 8.43. The second-order valence-electron chi connectivity index (χ2n) is 16.1. The van der Waals surface area contributed by atoms with Crippen LogP contribution in [0.2, 0.25) is 0 Å². The number of amidine groups is 1. The molecule has 2 aliphatic heterocycles. The third-order valence-corrected chi connectivity index (χ3v) is 12.8. The summed E-state index contributed by atoms with van der Waals surface area (Å²) in [5.41, 5.74) is 5.39. The number of aromatic hydroxyl groups is 1. The van der Waals surface area contributed by atoms with Crippen LogP contribution in [0.4, 0.5) is 0 Å². The highest BCUT2D eigenvalue weighted by Crippen LogP contribution is 2.69. The molecule has 4 atom stereocenters. The number of aromatic nitrogens is 1. The van der Waals surface area contributed by atoms with Gasteiger partial charge in [-0.05, 0) is 85.9 Å². The summed E-state index contributed by atoms with van der Waals surface area (Å²) < 4.78 is 6.82. The Kier molecular flexibility index (Phi) is 9.19. The number of likely N-dealkylation sites (tertiary alicyclic amines) is 1. The normalized spacial score (nSPS) is 26.9. The van der Waals surface area contributed by atoms with Crippen LogP contribution in [0.5, 0.6) is 11.5 Å². The van der Waals surface area contributed by atoms with Crippen LogP contribution in [0.25, 0.3) is 10.9 Å². The van der Waals surface area contributed by atoms with Gasteiger partial charge in [0.25, 0.3) is 0 Å². The fourth-order valence-corrected chi connectivity index (χ4v) is 10.0. The van der Waals surface area contributed by atoms with Gasteiger partial charge in [0, 0.05) is 55.0 Å². The number of hydrogen-bond donors (Lipinski definition) is 4. The zero-order valence-electron chi connectivity index (χ0n) is 30.0. The first-order chi connectivity index (χ1) is 24.0. The number of nitrogens with zero attached hydrogens (tertiary/aromatic N) is 2. The highest BCUT2D eigenvalue weighted by Gasteiger charge is 2.72. The molecule has 0 unspecified atom stereocenters. The number of ether oxygens (including phenoxy) is 1. The third-order valence-electron chi connectivity index (χ3n) is 12.8. The number of aliphatic imine (C=N–C) groups is 1. The van der Waals surface area contributed by atoms with Crippen molar-refractivity contribution in [3.05, 3.63) is 58.3 Å². The van der Waals surface area contributed by atoms with Gasteiger partial charge in [0.1, 0.15) is 5.84 Å². The fraction of sp³-hybridized carbons (Fsp3) is 0.643. The molecule has 3 heterocycles. The molecule has 1 saturated heterocycles. The number of hydrogen-bond acceptors (Lipinski definition) is 5. The van der Waals surface area contributed by atoms with Crippen molar-refractivity contribution in [1.29, 1.82) is 0 Å². The fourth-order valence-electron chi connectivity index (χ4n) is 10.0. The molecule has 2 fully saturated rings. The predicted molar refractivity (Wildman–Crippen MR) is 198 cm³/mol. The van der Waals surface area contributed by atoms with E-state index in [9.17, 15) is 10.2 Å². The number of nitrogens with one attached hydrogen (secondary N) is 2. The molecule has 2 bridgehead atoms. The summed E-state index contributed by atoms with van der Waals surface area (Å²) in [4.78, 5) is 11.5. The van der Waals surface area contributed by atoms with Gasteiger partial charge in [0.15, 0.2) is 17.6 Å². The standard InChI is InChI=1S/C42H58N4O3/c1-3-5-7-9-11-20-43-36(44-21-12-10-8-6-4-2)24-29-15-17-33-31(23-29)32-26-42(48)35-25-30-16-18-34(47)39-37(30)41(42,40(49-39)38(32)45-33)19-22-46(35)27-28-13-14-28/h15-18,23,28,35,40,45,47-48H,3-14,19-22,24-27H2,1-2H3,(H,43,44)/t35-,40+,41+,42-/m1/s1. The molecular formula is C42H58N4O3. The van der Waals surface area contributed by atoms with Crippen LogP contribution in [0.15, 0.2) is 35.3 Å². The van der Waals surface area contributed by atoms with E-state index >= 15 is 0 Å². The van der Waals surface area contributed by atoms with Gasteiger partial charge in [-0.3, -0.25) is 9.89 Å². The van der Waals surface area contributed by atoms with Crippen molar-refractivity contribution in [3.8, 4) is 11.5 Å². The van der Waals surface area contributed by atoms with Crippen LogP contribution in [0.3, 0.4) is 0 Å². The van der Waals surface area contributed by atoms with Crippen LogP contribution in [-0.2, 0) is 24.7 Å². The zero-order chi connectivity index (χ0) is 33.6. The van der Waals surface area contributed by atoms with E-state index in [0.717, 1.165) is 80.4 Å². The Hall–Kier alpha value is -3.03. The van der Waals surface area contributed by atoms with Crippen molar-refractivity contribution < 1.29 is 14.9 Å². The predicted octanol–water partition coefficient (Wildman–Crippen LogP) is 8.04. The monoisotopic (exact) mass is 666 g/mol. The lowest BCUT2D eigenvalue weighted by Crippen LogP contribution is -2.74. The molecule has 0 amide bonds. The summed E-state index contributed by atoms with van der Waals surface area (Å²) in [6, 6.07) is 10.7. The van der Waals surface area contributed by atoms with E-state index in [0.29, 0.717) is 12.2 Å². The van der Waals surface area contributed by atoms with E-state index < -0.39 is 11.0 Å². The van der Waals surface area contributed by atoms with E-state index in [1.807, 2.05) is 0 Å². The van der Waals surface area contributed by atoms with Crippen LogP contribution < -0.4 is 10.1 Å². The van der Waals surface area contributed by atoms with Crippen molar-refractivity contribution in [1.82, 2.24) is 15.2 Å². The van der Waals surface area contributed by atoms with Gasteiger partial charge >= 0.3 is 0 Å². The van der Waals surface area contributed by atoms with Gasteiger partial charge < -0.3 is 25.3 Å². The van der Waals surface area contributed by atoms with E-state index in [1.165, 1.54) is 92.7 Å². The number of fused-ring (bicyclic) bond motifs is 4. The smallest absolute Gasteiger partial charge is 0.166 e. The van der Waals surface area contributed by atoms with Crippen molar-refractivity contribution in [2.45, 2.75) is 140 Å². The maximum absolute atomic E-state index is 13.2. The minimum absolute atomic E-state index is 0.0369. The van der Waals surface area contributed by atoms with E-state index in [2.05, 4.69) is 53.3 Å². The quantitative estimate of drug-likeness (QED) is 0.0706. The molecule has 1 spiro atoms. The number of aliphatic hydroxyl groups is 1. The molecule has 0 radical (unpaired) electrons. The maximum Gasteiger partial charge on any atom is 0.166 e. The van der Waals surface area contributed by atoms with Crippen molar-refractivity contribution in [2.75, 3.05) is 26.2 Å². The zero-order valence-corrected chi connectivity index (χ0v) is 30.0. The molecule has 8 rings (SSSR count). The molecule has 49 heavy (non-hydrogen) atoms. The molecule has 7 heteroatoms. The number of phenols is 1. The van der Waals surface area contributed by atoms with E-state index in [4.69, 9.17) is 9.73 Å². The second kappa shape index (κ2) is 13.6. The van der Waals surface area contributed by atoms with Gasteiger partial charge in [0.05, 0.1) is 16.7 Å². The molecule has 3 aromatic rings. The van der Waals surface area contributed by atoms with E-state index in [1.54, 1.807) is 6.07 Å². The second-order valence-corrected chi connectivity index (χ2v) is 16.1. The minimum Gasteiger partial charge on any atom is -0.504 e. The van der Waals surface area contributed by atoms with Gasteiger partial charge in [-0.15, -0.1) is 0 Å². The lowest BCUT2D eigenvalue weighted by atomic mass is 9.49. The number of unbranched alkanes of at least 4 members (excludes halogenated alkanes) is 8. The molecule has 3 aliphatic carbocycles. The summed E-state index contributed by atoms with van der Waals surface area (Å²) in [6.07, 6.45) is 17.9. The Bertz CT molecular complexity index is 1690. The average Bonchev–Trinajstić information content (AvgIpc) is 3.74. The molecule has 1 saturated carbocycles. The first-order valence-corrected chi connectivity index (χ1v) is 19.9. The van der Waals surface area contributed by atoms with Crippen LogP contribution >= 0.6 is 0 Å². The number of benzene rings is 2. The summed E-state index contributed by atoms with van der Waals surface area (Å²) in [5, 5.41) is 29.2. The average molecular weight is 667 g/mol. The first-order valence-electron chi connectivity index (χ1n) is 19.9. The molecule has 1 aromatic heterocycles. The van der Waals surface area contributed by atoms with Crippen LogP contribution in [0.1, 0.15) is 131 Å². The number of phenolic OH excluding ortho intramolecular Hbond substituents is 1. The number of H-pyrrole nitrogens is 1. The molecular weight excluding hydrogens is 608 g/mol. The molecule has 2 aromatic carbocycles.